The number of ketones is 1. The number of nitrogens with zero attached hydrogens (tertiary/aromatic N) is 1. The van der Waals surface area contributed by atoms with Crippen LogP contribution >= 0.6 is 0 Å². The lowest BCUT2D eigenvalue weighted by atomic mass is 9.70. The summed E-state index contributed by atoms with van der Waals surface area (Å²) in [6.45, 7) is 11.9. The van der Waals surface area contributed by atoms with Crippen molar-refractivity contribution in [2.45, 2.75) is 178 Å². The number of amides is 5. The van der Waals surface area contributed by atoms with E-state index < -0.39 is 72.7 Å². The molecule has 2 heterocycles. The highest BCUT2D eigenvalue weighted by Crippen LogP contribution is 2.65. The van der Waals surface area contributed by atoms with E-state index in [1.165, 1.54) is 0 Å². The molecule has 1 unspecified atom stereocenters. The maximum Gasteiger partial charge on any atom is 0.316 e. The lowest BCUT2D eigenvalue weighted by Crippen LogP contribution is -2.66. The molecule has 4 aliphatic carbocycles. The molecule has 2 aliphatic heterocycles. The zero-order valence-corrected chi connectivity index (χ0v) is 33.5. The summed E-state index contributed by atoms with van der Waals surface area (Å²) in [4.78, 5) is 71.3. The van der Waals surface area contributed by atoms with Crippen molar-refractivity contribution in [3.8, 4) is 0 Å². The Balaban J connectivity index is 1.25. The molecule has 0 aromatic heterocycles. The topological polar surface area (TPSA) is 180 Å². The van der Waals surface area contributed by atoms with Gasteiger partial charge in [0, 0.05) is 12.6 Å². The molecule has 0 aromatic carbocycles. The fourth-order valence-electron chi connectivity index (χ4n) is 9.93. The normalized spacial score (nSPS) is 31.3. The molecule has 6 atom stereocenters. The van der Waals surface area contributed by atoms with E-state index in [0.717, 1.165) is 57.8 Å². The van der Waals surface area contributed by atoms with Gasteiger partial charge in [0.2, 0.25) is 17.6 Å². The minimum atomic E-state index is -3.75. The second-order valence-corrected chi connectivity index (χ2v) is 21.2. The predicted molar refractivity (Wildman–Crippen MR) is 199 cm³/mol. The summed E-state index contributed by atoms with van der Waals surface area (Å²) in [5.41, 5.74) is -3.13. The highest BCUT2D eigenvalue weighted by Gasteiger charge is 2.70. The van der Waals surface area contributed by atoms with Crippen LogP contribution in [-0.2, 0) is 33.8 Å². The Kier molecular flexibility index (Phi) is 11.1. The Morgan fingerprint density at radius 2 is 1.49 bits per heavy atom. The first-order chi connectivity index (χ1) is 24.9. The smallest absolute Gasteiger partial charge is 0.316 e. The molecule has 298 valence electrons. The number of carbonyl (C=O) groups is 5. The molecule has 13 nitrogen and oxygen atoms in total. The molecule has 0 aromatic rings. The number of nitrogens with one attached hydrogen (secondary N) is 4. The van der Waals surface area contributed by atoms with Crippen molar-refractivity contribution in [2.24, 2.45) is 22.7 Å². The van der Waals surface area contributed by atoms with Gasteiger partial charge in [0.1, 0.15) is 12.1 Å². The fraction of sp³-hybridized carbons (Fsp3) is 0.872. The van der Waals surface area contributed by atoms with Crippen molar-refractivity contribution >= 4 is 39.4 Å². The molecule has 5 amide bonds. The van der Waals surface area contributed by atoms with E-state index in [1.54, 1.807) is 18.7 Å². The largest absolute Gasteiger partial charge is 0.358 e. The Morgan fingerprint density at radius 1 is 0.868 bits per heavy atom. The summed E-state index contributed by atoms with van der Waals surface area (Å²) >= 11 is 0. The highest BCUT2D eigenvalue weighted by molar-refractivity contribution is 7.93. The fourth-order valence-corrected chi connectivity index (χ4v) is 11.9. The number of carbonyl (C=O) groups excluding carboxylic acids is 5. The lowest BCUT2D eigenvalue weighted by Gasteiger charge is -2.45. The van der Waals surface area contributed by atoms with Crippen LogP contribution in [0.3, 0.4) is 0 Å². The van der Waals surface area contributed by atoms with Gasteiger partial charge in [-0.25, -0.2) is 13.2 Å². The number of rotatable bonds is 13. The van der Waals surface area contributed by atoms with Crippen LogP contribution in [0.15, 0.2) is 0 Å². The lowest BCUT2D eigenvalue weighted by molar-refractivity contribution is -0.146. The number of hydrogen-bond donors (Lipinski definition) is 4. The van der Waals surface area contributed by atoms with Crippen LogP contribution in [0.1, 0.15) is 138 Å². The quantitative estimate of drug-likeness (QED) is 0.204. The summed E-state index contributed by atoms with van der Waals surface area (Å²) < 4.78 is 32.3. The van der Waals surface area contributed by atoms with Crippen LogP contribution in [0.4, 0.5) is 4.79 Å². The SMILES string of the molecule is CCCC[C@H](NC(=O)[C@@H]1[C@@H]2[C@H](CN1C(=O)[C@@H](NC(=O)NC1(C3OCC(C)(C)S3(=O)=O)CCCCC1)C1(C)CCCCC1)C2(C)C)C(=O)C(=O)NC1CC1. The number of piperidine rings is 1. The zero-order chi connectivity index (χ0) is 38.6. The summed E-state index contributed by atoms with van der Waals surface area (Å²) in [5.74, 6) is -2.22. The van der Waals surface area contributed by atoms with Crippen LogP contribution in [0.25, 0.3) is 0 Å². The van der Waals surface area contributed by atoms with Gasteiger partial charge in [-0.1, -0.05) is 79.1 Å². The second-order valence-electron chi connectivity index (χ2n) is 18.6. The predicted octanol–water partition coefficient (Wildman–Crippen LogP) is 3.88. The number of ether oxygens (including phenoxy) is 1. The first kappa shape index (κ1) is 39.9. The Bertz CT molecular complexity index is 1560. The van der Waals surface area contributed by atoms with Crippen molar-refractivity contribution in [3.63, 3.8) is 0 Å². The Labute approximate surface area is 315 Å². The molecule has 6 rings (SSSR count). The molecular weight excluding hydrogens is 699 g/mol. The summed E-state index contributed by atoms with van der Waals surface area (Å²) in [5, 5.41) is 11.8. The molecule has 0 bridgehead atoms. The molecule has 2 saturated heterocycles. The van der Waals surface area contributed by atoms with E-state index in [9.17, 15) is 32.4 Å². The monoisotopic (exact) mass is 761 g/mol. The summed E-state index contributed by atoms with van der Waals surface area (Å²) in [6, 6.07) is -3.45. The molecule has 6 aliphatic rings. The Hall–Kier alpha value is -2.74. The number of likely N-dealkylation sites (tertiary alicyclic amines) is 1. The highest BCUT2D eigenvalue weighted by atomic mass is 32.2. The van der Waals surface area contributed by atoms with Crippen LogP contribution in [-0.4, -0.2) is 95.9 Å². The average molecular weight is 762 g/mol. The molecule has 14 heteroatoms. The van der Waals surface area contributed by atoms with Gasteiger partial charge < -0.3 is 30.9 Å². The molecule has 0 radical (unpaired) electrons. The van der Waals surface area contributed by atoms with Gasteiger partial charge in [-0.15, -0.1) is 0 Å². The van der Waals surface area contributed by atoms with E-state index in [-0.39, 0.29) is 35.8 Å². The van der Waals surface area contributed by atoms with Crippen molar-refractivity contribution in [1.82, 2.24) is 26.2 Å². The first-order valence-electron chi connectivity index (χ1n) is 20.3. The minimum absolute atomic E-state index is 0.00246. The van der Waals surface area contributed by atoms with Crippen LogP contribution < -0.4 is 21.3 Å². The minimum Gasteiger partial charge on any atom is -0.358 e. The first-order valence-corrected chi connectivity index (χ1v) is 21.8. The Morgan fingerprint density at radius 3 is 2.06 bits per heavy atom. The average Bonchev–Trinajstić information content (AvgIpc) is 3.92. The van der Waals surface area contributed by atoms with Gasteiger partial charge in [-0.3, -0.25) is 19.2 Å². The maximum absolute atomic E-state index is 15.0. The van der Waals surface area contributed by atoms with Crippen LogP contribution in [0, 0.1) is 22.7 Å². The van der Waals surface area contributed by atoms with E-state index >= 15 is 0 Å². The van der Waals surface area contributed by atoms with Gasteiger partial charge in [-0.05, 0) is 81.5 Å². The van der Waals surface area contributed by atoms with Crippen molar-refractivity contribution in [1.29, 1.82) is 0 Å². The zero-order valence-electron chi connectivity index (χ0n) is 32.7. The standard InChI is InChI=1S/C39H63N5O8S/c1-7-8-15-26(29(45)32(47)40-24-16-17-24)41-31(46)28-27-25(37(27,4)5)22-44(28)33(48)30(38(6)18-11-9-12-19-38)42-35(49)43-39(20-13-10-14-21-39)34-52-23-36(2,3)53(34,50)51/h24-28,30,34H,7-23H2,1-6H3,(H,40,47)(H,41,46)(H2,42,43,49)/t25-,26-,27-,28-,30+,34?/m0/s1. The van der Waals surface area contributed by atoms with Gasteiger partial charge in [-0.2, -0.15) is 0 Å². The molecular formula is C39H63N5O8S. The number of sulfone groups is 1. The molecule has 0 spiro atoms. The number of hydrogen-bond acceptors (Lipinski definition) is 8. The van der Waals surface area contributed by atoms with Crippen molar-refractivity contribution in [2.75, 3.05) is 13.2 Å². The van der Waals surface area contributed by atoms with E-state index in [0.29, 0.717) is 45.1 Å². The van der Waals surface area contributed by atoms with Gasteiger partial charge in [0.25, 0.3) is 5.91 Å². The van der Waals surface area contributed by atoms with Crippen LogP contribution in [0.2, 0.25) is 0 Å². The maximum atomic E-state index is 15.0. The molecule has 4 N–H and O–H groups in total. The van der Waals surface area contributed by atoms with Crippen LogP contribution in [0.5, 0.6) is 0 Å². The van der Waals surface area contributed by atoms with E-state index in [1.807, 2.05) is 13.8 Å². The third-order valence-corrected chi connectivity index (χ3v) is 16.6. The number of Topliss-reactive ketones (excluding diaryl/α,β-unsaturated/α-hetero) is 1. The number of urea groups is 1. The molecule has 4 saturated carbocycles. The van der Waals surface area contributed by atoms with Gasteiger partial charge >= 0.3 is 6.03 Å². The summed E-state index contributed by atoms with van der Waals surface area (Å²) in [6.07, 6.45) is 10.9. The third kappa shape index (κ3) is 7.61. The number of fused-ring (bicyclic) bond motifs is 1. The third-order valence-electron chi connectivity index (χ3n) is 13.8. The van der Waals surface area contributed by atoms with E-state index in [2.05, 4.69) is 35.1 Å². The number of unbranched alkanes of at least 4 members (excludes halogenated alkanes) is 1. The molecule has 6 fully saturated rings. The van der Waals surface area contributed by atoms with E-state index in [4.69, 9.17) is 4.74 Å². The second kappa shape index (κ2) is 14.7. The van der Waals surface area contributed by atoms with Crippen molar-refractivity contribution < 1.29 is 37.1 Å². The van der Waals surface area contributed by atoms with Crippen molar-refractivity contribution in [3.05, 3.63) is 0 Å². The van der Waals surface area contributed by atoms with Gasteiger partial charge in [0.15, 0.2) is 15.3 Å². The van der Waals surface area contributed by atoms with Gasteiger partial charge in [0.05, 0.1) is 22.9 Å². The summed E-state index contributed by atoms with van der Waals surface area (Å²) in [7, 11) is -3.75. The molecule has 53 heavy (non-hydrogen) atoms.